The quantitative estimate of drug-likeness (QED) is 0.763. The van der Waals surface area contributed by atoms with E-state index >= 15 is 0 Å². The number of carboxylic acids is 1. The molecule has 0 aliphatic carbocycles. The van der Waals surface area contributed by atoms with Gasteiger partial charge in [-0.2, -0.15) is 5.10 Å². The van der Waals surface area contributed by atoms with Crippen molar-refractivity contribution in [1.29, 1.82) is 0 Å². The van der Waals surface area contributed by atoms with Gasteiger partial charge in [-0.05, 0) is 0 Å². The smallest absolute Gasteiger partial charge is 0.325 e. The van der Waals surface area contributed by atoms with Crippen LogP contribution in [-0.4, -0.2) is 35.8 Å². The van der Waals surface area contributed by atoms with E-state index in [4.69, 9.17) is 16.7 Å². The van der Waals surface area contributed by atoms with Crippen molar-refractivity contribution in [3.05, 3.63) is 24.0 Å². The van der Waals surface area contributed by atoms with E-state index in [9.17, 15) is 13.2 Å². The second-order valence-corrected chi connectivity index (χ2v) is 5.41. The summed E-state index contributed by atoms with van der Waals surface area (Å²) in [6.07, 6.45) is 2.18. The summed E-state index contributed by atoms with van der Waals surface area (Å²) in [5, 5.41) is 12.3. The number of hydrogen-bond donors (Lipinski definition) is 2. The van der Waals surface area contributed by atoms with Gasteiger partial charge in [0.2, 0.25) is 10.0 Å². The molecule has 1 aromatic heterocycles. The van der Waals surface area contributed by atoms with E-state index in [0.717, 1.165) is 17.1 Å². The van der Waals surface area contributed by atoms with Crippen molar-refractivity contribution in [3.63, 3.8) is 0 Å². The first-order valence-electron chi connectivity index (χ1n) is 4.38. The lowest BCUT2D eigenvalue weighted by molar-refractivity contribution is -0.137. The molecule has 94 valence electrons. The fraction of sp³-hybridized carbons (Fsp3) is 0.250. The van der Waals surface area contributed by atoms with Crippen LogP contribution in [0.1, 0.15) is 0 Å². The van der Waals surface area contributed by atoms with Gasteiger partial charge in [0.1, 0.15) is 11.4 Å². The Morgan fingerprint density at radius 2 is 2.29 bits per heavy atom. The first-order valence-corrected chi connectivity index (χ1v) is 6.24. The lowest BCUT2D eigenvalue weighted by Crippen LogP contribution is -2.24. The molecule has 0 unspecified atom stereocenters. The first-order chi connectivity index (χ1) is 7.81. The van der Waals surface area contributed by atoms with Crippen LogP contribution in [0, 0.1) is 0 Å². The van der Waals surface area contributed by atoms with Crippen molar-refractivity contribution in [2.24, 2.45) is 0 Å². The fourth-order valence-electron chi connectivity index (χ4n) is 0.965. The SMILES string of the molecule is C=C(Cl)CNS(=O)(=O)c1cnn(CC(=O)O)c1. The summed E-state index contributed by atoms with van der Waals surface area (Å²) >= 11 is 5.43. The van der Waals surface area contributed by atoms with Crippen molar-refractivity contribution in [2.75, 3.05) is 6.54 Å². The molecule has 2 N–H and O–H groups in total. The Balaban J connectivity index is 2.81. The molecule has 0 amide bonds. The lowest BCUT2D eigenvalue weighted by Gasteiger charge is -2.02. The van der Waals surface area contributed by atoms with Crippen molar-refractivity contribution in [3.8, 4) is 0 Å². The van der Waals surface area contributed by atoms with Crippen LogP contribution in [-0.2, 0) is 21.4 Å². The molecule has 0 aliphatic rings. The van der Waals surface area contributed by atoms with E-state index in [1.165, 1.54) is 0 Å². The highest BCUT2D eigenvalue weighted by molar-refractivity contribution is 7.89. The molecule has 0 aliphatic heterocycles. The fourth-order valence-corrected chi connectivity index (χ4v) is 2.09. The van der Waals surface area contributed by atoms with Crippen LogP contribution in [0.4, 0.5) is 0 Å². The van der Waals surface area contributed by atoms with E-state index < -0.39 is 22.5 Å². The number of aliphatic carboxylic acids is 1. The summed E-state index contributed by atoms with van der Waals surface area (Å²) in [6, 6.07) is 0. The van der Waals surface area contributed by atoms with Gasteiger partial charge in [0, 0.05) is 17.8 Å². The standard InChI is InChI=1S/C8H10ClN3O4S/c1-6(9)2-11-17(15,16)7-3-10-12(4-7)5-8(13)14/h3-4,11H,1-2,5H2,(H,13,14). The second-order valence-electron chi connectivity index (χ2n) is 3.11. The summed E-state index contributed by atoms with van der Waals surface area (Å²) < 4.78 is 26.4. The van der Waals surface area contributed by atoms with E-state index in [1.807, 2.05) is 0 Å². The van der Waals surface area contributed by atoms with Gasteiger partial charge in [0.25, 0.3) is 0 Å². The monoisotopic (exact) mass is 279 g/mol. The molecule has 0 bridgehead atoms. The van der Waals surface area contributed by atoms with Crippen molar-refractivity contribution >= 4 is 27.6 Å². The summed E-state index contributed by atoms with van der Waals surface area (Å²) in [4.78, 5) is 10.3. The molecule has 0 atom stereocenters. The predicted molar refractivity (Wildman–Crippen MR) is 60.0 cm³/mol. The molecule has 1 heterocycles. The van der Waals surface area contributed by atoms with Crippen molar-refractivity contribution in [2.45, 2.75) is 11.4 Å². The Hall–Kier alpha value is -1.38. The largest absolute Gasteiger partial charge is 0.480 e. The lowest BCUT2D eigenvalue weighted by atomic mass is 10.6. The van der Waals surface area contributed by atoms with Crippen LogP contribution >= 0.6 is 11.6 Å². The zero-order valence-corrected chi connectivity index (χ0v) is 10.2. The Morgan fingerprint density at radius 1 is 1.65 bits per heavy atom. The molecule has 0 fully saturated rings. The molecule has 0 radical (unpaired) electrons. The Morgan fingerprint density at radius 3 is 2.82 bits per heavy atom. The maximum Gasteiger partial charge on any atom is 0.325 e. The van der Waals surface area contributed by atoms with Crippen LogP contribution in [0.15, 0.2) is 28.9 Å². The van der Waals surface area contributed by atoms with Crippen molar-refractivity contribution < 1.29 is 18.3 Å². The average Bonchev–Trinajstić information content (AvgIpc) is 2.63. The van der Waals surface area contributed by atoms with Gasteiger partial charge >= 0.3 is 5.97 Å². The maximum absolute atomic E-state index is 11.6. The third-order valence-corrected chi connectivity index (χ3v) is 3.16. The Kier molecular flexibility index (Phi) is 4.27. The molecule has 0 aromatic carbocycles. The Bertz CT molecular complexity index is 537. The van der Waals surface area contributed by atoms with Crippen LogP contribution < -0.4 is 4.72 Å². The molecule has 1 rings (SSSR count). The maximum atomic E-state index is 11.6. The van der Waals surface area contributed by atoms with Gasteiger partial charge in [-0.3, -0.25) is 9.48 Å². The third-order valence-electron chi connectivity index (χ3n) is 1.67. The minimum atomic E-state index is -3.74. The van der Waals surface area contributed by atoms with E-state index in [-0.39, 0.29) is 16.5 Å². The highest BCUT2D eigenvalue weighted by Gasteiger charge is 2.16. The second kappa shape index (κ2) is 5.30. The molecular weight excluding hydrogens is 270 g/mol. The number of halogens is 1. The molecule has 0 saturated carbocycles. The van der Waals surface area contributed by atoms with Crippen LogP contribution in [0.2, 0.25) is 0 Å². The van der Waals surface area contributed by atoms with E-state index in [0.29, 0.717) is 0 Å². The van der Waals surface area contributed by atoms with Gasteiger partial charge in [0.05, 0.1) is 6.20 Å². The number of rotatable bonds is 6. The number of aromatic nitrogens is 2. The molecule has 1 aromatic rings. The molecule has 9 heteroatoms. The highest BCUT2D eigenvalue weighted by Crippen LogP contribution is 2.07. The summed E-state index contributed by atoms with van der Waals surface area (Å²) in [5.74, 6) is -1.11. The van der Waals surface area contributed by atoms with E-state index in [1.54, 1.807) is 0 Å². The minimum absolute atomic E-state index is 0.103. The number of hydrogen-bond acceptors (Lipinski definition) is 4. The zero-order chi connectivity index (χ0) is 13.1. The number of sulfonamides is 1. The van der Waals surface area contributed by atoms with Gasteiger partial charge in [-0.15, -0.1) is 0 Å². The van der Waals surface area contributed by atoms with Gasteiger partial charge in [-0.1, -0.05) is 18.2 Å². The summed E-state index contributed by atoms with van der Waals surface area (Å²) in [6.45, 7) is 2.83. The summed E-state index contributed by atoms with van der Waals surface area (Å²) in [7, 11) is -3.74. The third kappa shape index (κ3) is 4.17. The molecule has 0 saturated heterocycles. The van der Waals surface area contributed by atoms with Gasteiger partial charge in [0.15, 0.2) is 0 Å². The first kappa shape index (κ1) is 13.7. The van der Waals surface area contributed by atoms with Crippen molar-refractivity contribution in [1.82, 2.24) is 14.5 Å². The minimum Gasteiger partial charge on any atom is -0.480 e. The molecule has 7 nitrogen and oxygen atoms in total. The topological polar surface area (TPSA) is 101 Å². The highest BCUT2D eigenvalue weighted by atomic mass is 35.5. The average molecular weight is 280 g/mol. The zero-order valence-electron chi connectivity index (χ0n) is 8.63. The molecular formula is C8H10ClN3O4S. The summed E-state index contributed by atoms with van der Waals surface area (Å²) in [5.41, 5.74) is 0. The molecule has 0 spiro atoms. The molecule has 17 heavy (non-hydrogen) atoms. The number of carboxylic acid groups (broad SMARTS) is 1. The predicted octanol–water partition coefficient (Wildman–Crippen LogP) is -0.00150. The number of nitrogens with zero attached hydrogens (tertiary/aromatic N) is 2. The normalized spacial score (nSPS) is 11.4. The van der Waals surface area contributed by atoms with Gasteiger partial charge in [-0.25, -0.2) is 13.1 Å². The van der Waals surface area contributed by atoms with E-state index in [2.05, 4.69) is 16.4 Å². The number of carbonyl (C=O) groups is 1. The van der Waals surface area contributed by atoms with Crippen LogP contribution in [0.25, 0.3) is 0 Å². The van der Waals surface area contributed by atoms with Gasteiger partial charge < -0.3 is 5.11 Å². The van der Waals surface area contributed by atoms with Crippen LogP contribution in [0.3, 0.4) is 0 Å². The van der Waals surface area contributed by atoms with Crippen LogP contribution in [0.5, 0.6) is 0 Å². The Labute approximate surface area is 103 Å². The number of nitrogens with one attached hydrogen (secondary N) is 1.